The highest BCUT2D eigenvalue weighted by Crippen LogP contribution is 2.31. The zero-order chi connectivity index (χ0) is 20.5. The number of aryl methyl sites for hydroxylation is 1. The monoisotopic (exact) mass is 436 g/mol. The summed E-state index contributed by atoms with van der Waals surface area (Å²) in [5.41, 5.74) is 4.36. The number of hydrogen-bond acceptors (Lipinski definition) is 7. The molecule has 0 saturated carbocycles. The Morgan fingerprint density at radius 2 is 1.90 bits per heavy atom. The Hall–Kier alpha value is -2.81. The first-order chi connectivity index (χ1) is 14.7. The number of aromatic nitrogens is 2. The molecule has 152 valence electrons. The minimum atomic E-state index is -0.130. The summed E-state index contributed by atoms with van der Waals surface area (Å²) in [7, 11) is 0. The van der Waals surface area contributed by atoms with Crippen molar-refractivity contribution in [3.63, 3.8) is 0 Å². The number of rotatable bonds is 4. The molecule has 2 aromatic heterocycles. The Morgan fingerprint density at radius 1 is 1.10 bits per heavy atom. The predicted octanol–water partition coefficient (Wildman–Crippen LogP) is 4.82. The van der Waals surface area contributed by atoms with Crippen LogP contribution in [0.15, 0.2) is 47.8 Å². The van der Waals surface area contributed by atoms with Gasteiger partial charge in [0.25, 0.3) is 5.91 Å². The summed E-state index contributed by atoms with van der Waals surface area (Å²) in [6.45, 7) is 5.17. The van der Waals surface area contributed by atoms with E-state index in [0.717, 1.165) is 63.6 Å². The fourth-order valence-electron chi connectivity index (χ4n) is 3.33. The fourth-order valence-corrected chi connectivity index (χ4v) is 5.19. The molecule has 6 nitrogen and oxygen atoms in total. The fraction of sp³-hybridized carbons (Fsp3) is 0.227. The SMILES string of the molecule is Cc1csc(-c2ccc(C(=O)Nc3ccc4nc(N5CCOCC5)sc4c3)cc2)n1. The van der Waals surface area contributed by atoms with Gasteiger partial charge in [0.15, 0.2) is 5.13 Å². The van der Waals surface area contributed by atoms with Gasteiger partial charge in [-0.25, -0.2) is 9.97 Å². The van der Waals surface area contributed by atoms with Crippen molar-refractivity contribution in [2.24, 2.45) is 0 Å². The van der Waals surface area contributed by atoms with Crippen molar-refractivity contribution in [2.75, 3.05) is 36.5 Å². The maximum Gasteiger partial charge on any atom is 0.255 e. The Bertz CT molecular complexity index is 1190. The summed E-state index contributed by atoms with van der Waals surface area (Å²) in [4.78, 5) is 24.2. The molecule has 4 aromatic rings. The van der Waals surface area contributed by atoms with Gasteiger partial charge in [-0.1, -0.05) is 23.5 Å². The van der Waals surface area contributed by atoms with Gasteiger partial charge in [-0.05, 0) is 37.3 Å². The second-order valence-electron chi connectivity index (χ2n) is 7.10. The van der Waals surface area contributed by atoms with E-state index in [1.54, 1.807) is 22.7 Å². The maximum atomic E-state index is 12.7. The molecule has 0 radical (unpaired) electrons. The zero-order valence-corrected chi connectivity index (χ0v) is 18.1. The number of thiazole rings is 2. The van der Waals surface area contributed by atoms with E-state index in [9.17, 15) is 4.79 Å². The molecule has 30 heavy (non-hydrogen) atoms. The van der Waals surface area contributed by atoms with Crippen LogP contribution in [0.25, 0.3) is 20.8 Å². The molecule has 1 aliphatic heterocycles. The number of nitrogens with zero attached hydrogens (tertiary/aromatic N) is 3. The molecular formula is C22H20N4O2S2. The molecule has 3 heterocycles. The summed E-state index contributed by atoms with van der Waals surface area (Å²) < 4.78 is 6.48. The highest BCUT2D eigenvalue weighted by molar-refractivity contribution is 7.22. The molecule has 1 aliphatic rings. The standard InChI is InChI=1S/C22H20N4O2S2/c1-14-13-29-21(23-14)16-4-2-15(3-5-16)20(27)24-17-6-7-18-19(12-17)30-22(25-18)26-8-10-28-11-9-26/h2-7,12-13H,8-11H2,1H3,(H,24,27). The lowest BCUT2D eigenvalue weighted by Crippen LogP contribution is -2.36. The van der Waals surface area contributed by atoms with Crippen molar-refractivity contribution in [3.05, 3.63) is 59.1 Å². The van der Waals surface area contributed by atoms with E-state index < -0.39 is 0 Å². The van der Waals surface area contributed by atoms with Crippen LogP contribution in [0.2, 0.25) is 0 Å². The van der Waals surface area contributed by atoms with Crippen molar-refractivity contribution in [1.82, 2.24) is 9.97 Å². The first-order valence-electron chi connectivity index (χ1n) is 9.73. The van der Waals surface area contributed by atoms with Gasteiger partial charge >= 0.3 is 0 Å². The molecule has 1 saturated heterocycles. The second kappa shape index (κ2) is 8.14. The lowest BCUT2D eigenvalue weighted by Gasteiger charge is -2.25. The van der Waals surface area contributed by atoms with E-state index >= 15 is 0 Å². The van der Waals surface area contributed by atoms with E-state index in [2.05, 4.69) is 15.2 Å². The van der Waals surface area contributed by atoms with Gasteiger partial charge in [0.2, 0.25) is 0 Å². The normalized spacial score (nSPS) is 14.2. The van der Waals surface area contributed by atoms with Crippen LogP contribution in [0, 0.1) is 6.92 Å². The summed E-state index contributed by atoms with van der Waals surface area (Å²) in [6.07, 6.45) is 0. The van der Waals surface area contributed by atoms with Crippen molar-refractivity contribution in [1.29, 1.82) is 0 Å². The van der Waals surface area contributed by atoms with Crippen LogP contribution in [0.4, 0.5) is 10.8 Å². The molecule has 0 spiro atoms. The van der Waals surface area contributed by atoms with Gasteiger partial charge in [-0.15, -0.1) is 11.3 Å². The largest absolute Gasteiger partial charge is 0.378 e. The molecule has 1 N–H and O–H groups in total. The molecule has 0 aliphatic carbocycles. The Kier molecular flexibility index (Phi) is 5.20. The maximum absolute atomic E-state index is 12.7. The number of carbonyl (C=O) groups is 1. The topological polar surface area (TPSA) is 67.4 Å². The third-order valence-corrected chi connectivity index (χ3v) is 7.02. The van der Waals surface area contributed by atoms with E-state index in [0.29, 0.717) is 5.56 Å². The summed E-state index contributed by atoms with van der Waals surface area (Å²) in [5, 5.41) is 6.99. The van der Waals surface area contributed by atoms with E-state index in [-0.39, 0.29) is 5.91 Å². The van der Waals surface area contributed by atoms with Gasteiger partial charge in [0, 0.05) is 41.0 Å². The molecule has 5 rings (SSSR count). The van der Waals surface area contributed by atoms with E-state index in [1.165, 1.54) is 0 Å². The molecule has 2 aromatic carbocycles. The summed E-state index contributed by atoms with van der Waals surface area (Å²) in [6, 6.07) is 13.4. The van der Waals surface area contributed by atoms with Gasteiger partial charge in [0.1, 0.15) is 5.01 Å². The molecular weight excluding hydrogens is 416 g/mol. The molecule has 1 amide bonds. The van der Waals surface area contributed by atoms with Crippen LogP contribution in [0.1, 0.15) is 16.1 Å². The molecule has 8 heteroatoms. The first kappa shape index (κ1) is 19.2. The van der Waals surface area contributed by atoms with Crippen molar-refractivity contribution < 1.29 is 9.53 Å². The molecule has 0 unspecified atom stereocenters. The zero-order valence-electron chi connectivity index (χ0n) is 16.4. The Balaban J connectivity index is 1.31. The molecule has 0 atom stereocenters. The summed E-state index contributed by atoms with van der Waals surface area (Å²) in [5.74, 6) is -0.130. The molecule has 1 fully saturated rings. The highest BCUT2D eigenvalue weighted by Gasteiger charge is 2.16. The third-order valence-electron chi connectivity index (χ3n) is 4.93. The van der Waals surface area contributed by atoms with Crippen LogP contribution in [-0.4, -0.2) is 42.2 Å². The number of benzene rings is 2. The summed E-state index contributed by atoms with van der Waals surface area (Å²) >= 11 is 3.25. The lowest BCUT2D eigenvalue weighted by molar-refractivity contribution is 0.102. The van der Waals surface area contributed by atoms with Crippen LogP contribution in [0.5, 0.6) is 0 Å². The van der Waals surface area contributed by atoms with Crippen molar-refractivity contribution >= 4 is 49.6 Å². The van der Waals surface area contributed by atoms with Gasteiger partial charge in [-0.2, -0.15) is 0 Å². The van der Waals surface area contributed by atoms with Gasteiger partial charge in [-0.3, -0.25) is 4.79 Å². The number of nitrogens with one attached hydrogen (secondary N) is 1. The second-order valence-corrected chi connectivity index (χ2v) is 8.97. The number of anilines is 2. The number of fused-ring (bicyclic) bond motifs is 1. The van der Waals surface area contributed by atoms with Crippen LogP contribution >= 0.6 is 22.7 Å². The predicted molar refractivity (Wildman–Crippen MR) is 123 cm³/mol. The average Bonchev–Trinajstić information content (AvgIpc) is 3.40. The van der Waals surface area contributed by atoms with Crippen molar-refractivity contribution in [3.8, 4) is 10.6 Å². The van der Waals surface area contributed by atoms with Gasteiger partial charge in [0.05, 0.1) is 23.4 Å². The van der Waals surface area contributed by atoms with Gasteiger partial charge < -0.3 is 15.0 Å². The van der Waals surface area contributed by atoms with Crippen LogP contribution in [0.3, 0.4) is 0 Å². The number of ether oxygens (including phenoxy) is 1. The van der Waals surface area contributed by atoms with E-state index in [1.807, 2.05) is 54.8 Å². The van der Waals surface area contributed by atoms with Crippen LogP contribution < -0.4 is 10.2 Å². The number of amides is 1. The molecule has 0 bridgehead atoms. The quantitative estimate of drug-likeness (QED) is 0.497. The Labute approximate surface area is 182 Å². The Morgan fingerprint density at radius 3 is 2.63 bits per heavy atom. The number of morpholine rings is 1. The first-order valence-corrected chi connectivity index (χ1v) is 11.4. The number of hydrogen-bond donors (Lipinski definition) is 1. The third kappa shape index (κ3) is 3.94. The minimum absolute atomic E-state index is 0.130. The van der Waals surface area contributed by atoms with E-state index in [4.69, 9.17) is 9.72 Å². The number of carbonyl (C=O) groups excluding carboxylic acids is 1. The smallest absolute Gasteiger partial charge is 0.255 e. The minimum Gasteiger partial charge on any atom is -0.378 e. The van der Waals surface area contributed by atoms with Crippen LogP contribution in [-0.2, 0) is 4.74 Å². The lowest BCUT2D eigenvalue weighted by atomic mass is 10.1. The highest BCUT2D eigenvalue weighted by atomic mass is 32.1. The average molecular weight is 437 g/mol. The van der Waals surface area contributed by atoms with Crippen molar-refractivity contribution in [2.45, 2.75) is 6.92 Å².